The summed E-state index contributed by atoms with van der Waals surface area (Å²) in [5, 5.41) is 3.55. The monoisotopic (exact) mass is 544 g/mol. The quantitative estimate of drug-likeness (QED) is 0.392. The molecule has 7 heteroatoms. The van der Waals surface area contributed by atoms with Crippen molar-refractivity contribution >= 4 is 39.0 Å². The van der Waals surface area contributed by atoms with E-state index in [1.165, 1.54) is 0 Å². The average Bonchev–Trinajstić information content (AvgIpc) is 3.24. The number of ether oxygens (including phenoxy) is 2. The van der Waals surface area contributed by atoms with E-state index in [0.29, 0.717) is 41.2 Å². The second-order valence-corrected chi connectivity index (χ2v) is 11.0. The van der Waals surface area contributed by atoms with Gasteiger partial charge in [0.15, 0.2) is 17.3 Å². The van der Waals surface area contributed by atoms with Crippen molar-refractivity contribution in [2.24, 2.45) is 5.41 Å². The lowest BCUT2D eigenvalue weighted by atomic mass is 9.73. The van der Waals surface area contributed by atoms with E-state index in [-0.39, 0.29) is 23.9 Å². The van der Waals surface area contributed by atoms with Gasteiger partial charge in [-0.1, -0.05) is 60.1 Å². The number of amides is 1. The van der Waals surface area contributed by atoms with Crippen molar-refractivity contribution < 1.29 is 19.1 Å². The van der Waals surface area contributed by atoms with Crippen LogP contribution in [0.25, 0.3) is 0 Å². The summed E-state index contributed by atoms with van der Waals surface area (Å²) in [5.41, 5.74) is 4.06. The zero-order valence-corrected chi connectivity index (χ0v) is 21.6. The minimum atomic E-state index is -0.670. The van der Waals surface area contributed by atoms with Crippen LogP contribution in [0.4, 0.5) is 11.4 Å². The summed E-state index contributed by atoms with van der Waals surface area (Å²) in [5.74, 6) is 1.06. The van der Waals surface area contributed by atoms with Gasteiger partial charge in [0.2, 0.25) is 6.79 Å². The molecular formula is C29H25BrN2O4. The number of fused-ring (bicyclic) bond motifs is 2. The normalized spacial score (nSPS) is 19.8. The molecule has 0 fully saturated rings. The fraction of sp³-hybridized carbons (Fsp3) is 0.241. The van der Waals surface area contributed by atoms with Gasteiger partial charge in [-0.25, -0.2) is 0 Å². The first-order chi connectivity index (χ1) is 17.3. The van der Waals surface area contributed by atoms with E-state index in [4.69, 9.17) is 9.47 Å². The number of para-hydroxylation sites is 2. The number of allylic oxidation sites excluding steroid dienone is 1. The Balaban J connectivity index is 1.65. The fourth-order valence-corrected chi connectivity index (χ4v) is 5.91. The summed E-state index contributed by atoms with van der Waals surface area (Å²) in [7, 11) is 0. The molecule has 6 nitrogen and oxygen atoms in total. The Hall–Kier alpha value is -3.58. The van der Waals surface area contributed by atoms with Crippen molar-refractivity contribution in [2.75, 3.05) is 17.0 Å². The summed E-state index contributed by atoms with van der Waals surface area (Å²) < 4.78 is 12.0. The van der Waals surface area contributed by atoms with Crippen LogP contribution in [0.5, 0.6) is 11.5 Å². The lowest BCUT2D eigenvalue weighted by Crippen LogP contribution is -2.39. The van der Waals surface area contributed by atoms with Gasteiger partial charge in [0.1, 0.15) is 0 Å². The summed E-state index contributed by atoms with van der Waals surface area (Å²) >= 11 is 3.71. The number of nitrogens with one attached hydrogen (secondary N) is 1. The van der Waals surface area contributed by atoms with Gasteiger partial charge in [0, 0.05) is 27.7 Å². The SMILES string of the molecule is CC1(C)CC(=O)C2=C(C1)Nc1ccccc1N(C(=O)c1ccccc1)[C@H]2c1cc2c(cc1Br)OCO2. The minimum absolute atomic E-state index is 0.0296. The van der Waals surface area contributed by atoms with Gasteiger partial charge in [-0.15, -0.1) is 0 Å². The molecule has 0 bridgehead atoms. The van der Waals surface area contributed by atoms with Crippen molar-refractivity contribution in [3.63, 3.8) is 0 Å². The van der Waals surface area contributed by atoms with Gasteiger partial charge in [-0.05, 0) is 53.8 Å². The maximum Gasteiger partial charge on any atom is 0.259 e. The molecule has 0 spiro atoms. The number of hydrogen-bond donors (Lipinski definition) is 1. The third-order valence-electron chi connectivity index (χ3n) is 6.93. The summed E-state index contributed by atoms with van der Waals surface area (Å²) in [6, 6.07) is 20.0. The first-order valence-electron chi connectivity index (χ1n) is 11.9. The van der Waals surface area contributed by atoms with Crippen LogP contribution >= 0.6 is 15.9 Å². The van der Waals surface area contributed by atoms with Crippen LogP contribution < -0.4 is 19.7 Å². The third-order valence-corrected chi connectivity index (χ3v) is 7.61. The van der Waals surface area contributed by atoms with Gasteiger partial charge in [-0.2, -0.15) is 0 Å². The van der Waals surface area contributed by atoms with Crippen molar-refractivity contribution in [1.82, 2.24) is 0 Å². The average molecular weight is 545 g/mol. The van der Waals surface area contributed by atoms with Crippen LogP contribution in [0.2, 0.25) is 0 Å². The minimum Gasteiger partial charge on any atom is -0.454 e. The highest BCUT2D eigenvalue weighted by Gasteiger charge is 2.44. The Labute approximate surface area is 218 Å². The number of anilines is 2. The summed E-state index contributed by atoms with van der Waals surface area (Å²) in [6.45, 7) is 4.34. The number of carbonyl (C=O) groups excluding carboxylic acids is 2. The van der Waals surface area contributed by atoms with E-state index >= 15 is 0 Å². The first-order valence-corrected chi connectivity index (χ1v) is 12.7. The highest BCUT2D eigenvalue weighted by Crippen LogP contribution is 2.51. The van der Waals surface area contributed by atoms with E-state index in [2.05, 4.69) is 35.1 Å². The third kappa shape index (κ3) is 3.78. The molecule has 1 aliphatic carbocycles. The molecule has 3 aromatic rings. The molecule has 2 heterocycles. The van der Waals surface area contributed by atoms with Gasteiger partial charge < -0.3 is 14.8 Å². The molecule has 182 valence electrons. The Kier molecular flexibility index (Phi) is 5.41. The molecule has 0 saturated carbocycles. The van der Waals surface area contributed by atoms with E-state index in [0.717, 1.165) is 21.4 Å². The summed E-state index contributed by atoms with van der Waals surface area (Å²) in [4.78, 5) is 29.9. The highest BCUT2D eigenvalue weighted by atomic mass is 79.9. The lowest BCUT2D eigenvalue weighted by Gasteiger charge is -2.37. The number of Topliss-reactive ketones (excluding diaryl/α,β-unsaturated/α-hetero) is 1. The zero-order valence-electron chi connectivity index (χ0n) is 20.0. The van der Waals surface area contributed by atoms with Crippen LogP contribution in [0.1, 0.15) is 48.7 Å². The molecule has 3 aliphatic rings. The van der Waals surface area contributed by atoms with E-state index in [1.807, 2.05) is 54.6 Å². The molecule has 2 aliphatic heterocycles. The van der Waals surface area contributed by atoms with E-state index in [9.17, 15) is 9.59 Å². The largest absolute Gasteiger partial charge is 0.454 e. The molecule has 6 rings (SSSR count). The maximum absolute atomic E-state index is 14.2. The number of carbonyl (C=O) groups is 2. The maximum atomic E-state index is 14.2. The van der Waals surface area contributed by atoms with Crippen LogP contribution in [0.15, 0.2) is 82.5 Å². The zero-order chi connectivity index (χ0) is 25.0. The van der Waals surface area contributed by atoms with E-state index < -0.39 is 6.04 Å². The molecule has 0 aromatic heterocycles. The van der Waals surface area contributed by atoms with Gasteiger partial charge in [0.05, 0.1) is 17.4 Å². The Bertz CT molecular complexity index is 1430. The number of rotatable bonds is 2. The first kappa shape index (κ1) is 22.9. The standard InChI is InChI=1S/C29H25BrN2O4/c1-29(2)14-21-26(23(33)15-29)27(18-12-24-25(13-19(18)30)36-16-35-24)32(22-11-7-6-10-20(22)31-21)28(34)17-8-4-3-5-9-17/h3-13,27,31H,14-16H2,1-2H3/t27-/m0/s1. The van der Waals surface area contributed by atoms with E-state index in [1.54, 1.807) is 17.0 Å². The number of halogens is 1. The van der Waals surface area contributed by atoms with Crippen LogP contribution in [-0.4, -0.2) is 18.5 Å². The topological polar surface area (TPSA) is 67.9 Å². The van der Waals surface area contributed by atoms with Crippen molar-refractivity contribution in [1.29, 1.82) is 0 Å². The molecule has 1 atom stereocenters. The van der Waals surface area contributed by atoms with Crippen LogP contribution in [0, 0.1) is 5.41 Å². The molecule has 0 radical (unpaired) electrons. The number of nitrogens with zero attached hydrogens (tertiary/aromatic N) is 1. The number of benzene rings is 3. The molecule has 1 amide bonds. The lowest BCUT2D eigenvalue weighted by molar-refractivity contribution is -0.118. The molecular weight excluding hydrogens is 520 g/mol. The van der Waals surface area contributed by atoms with Crippen molar-refractivity contribution in [2.45, 2.75) is 32.7 Å². The van der Waals surface area contributed by atoms with Crippen LogP contribution in [-0.2, 0) is 4.79 Å². The molecule has 1 N–H and O–H groups in total. The van der Waals surface area contributed by atoms with Gasteiger partial charge >= 0.3 is 0 Å². The highest BCUT2D eigenvalue weighted by molar-refractivity contribution is 9.10. The second kappa shape index (κ2) is 8.52. The van der Waals surface area contributed by atoms with Gasteiger partial charge in [-0.3, -0.25) is 14.5 Å². The van der Waals surface area contributed by atoms with Crippen molar-refractivity contribution in [3.05, 3.63) is 93.6 Å². The Morgan fingerprint density at radius 3 is 2.47 bits per heavy atom. The molecule has 36 heavy (non-hydrogen) atoms. The molecule has 0 unspecified atom stereocenters. The predicted molar refractivity (Wildman–Crippen MR) is 141 cm³/mol. The number of hydrogen-bond acceptors (Lipinski definition) is 5. The Morgan fingerprint density at radius 2 is 1.69 bits per heavy atom. The van der Waals surface area contributed by atoms with Gasteiger partial charge in [0.25, 0.3) is 5.91 Å². The summed E-state index contributed by atoms with van der Waals surface area (Å²) in [6.07, 6.45) is 1.09. The molecule has 0 saturated heterocycles. The smallest absolute Gasteiger partial charge is 0.259 e. The fourth-order valence-electron chi connectivity index (χ4n) is 5.37. The van der Waals surface area contributed by atoms with Crippen LogP contribution in [0.3, 0.4) is 0 Å². The Morgan fingerprint density at radius 1 is 1.00 bits per heavy atom. The second-order valence-electron chi connectivity index (χ2n) is 10.1. The predicted octanol–water partition coefficient (Wildman–Crippen LogP) is 6.63. The molecule has 3 aromatic carbocycles. The number of ketones is 1. The van der Waals surface area contributed by atoms with Crippen molar-refractivity contribution in [3.8, 4) is 11.5 Å².